The third-order valence-corrected chi connectivity index (χ3v) is 8.44. The summed E-state index contributed by atoms with van der Waals surface area (Å²) in [6, 6.07) is 15.6. The van der Waals surface area contributed by atoms with Crippen LogP contribution in [0.3, 0.4) is 0 Å². The van der Waals surface area contributed by atoms with Crippen molar-refractivity contribution in [3.05, 3.63) is 60.2 Å². The van der Waals surface area contributed by atoms with Crippen molar-refractivity contribution in [3.63, 3.8) is 0 Å². The summed E-state index contributed by atoms with van der Waals surface area (Å²) in [5, 5.41) is 13.3. The fraction of sp³-hybridized carbons (Fsp3) is 0.391. The maximum absolute atomic E-state index is 13.3. The van der Waals surface area contributed by atoms with Crippen molar-refractivity contribution in [2.75, 3.05) is 19.8 Å². The second-order valence-corrected chi connectivity index (χ2v) is 10.3. The van der Waals surface area contributed by atoms with E-state index in [9.17, 15) is 13.2 Å². The number of hydrazone groups is 1. The van der Waals surface area contributed by atoms with E-state index in [0.717, 1.165) is 5.56 Å². The molecule has 0 aromatic heterocycles. The van der Waals surface area contributed by atoms with E-state index in [1.807, 2.05) is 30.3 Å². The van der Waals surface area contributed by atoms with Gasteiger partial charge in [-0.3, -0.25) is 15.4 Å². The second kappa shape index (κ2) is 10.4. The van der Waals surface area contributed by atoms with Crippen LogP contribution in [0.25, 0.3) is 0 Å². The Morgan fingerprint density at radius 2 is 1.85 bits per heavy atom. The summed E-state index contributed by atoms with van der Waals surface area (Å²) in [4.78, 5) is 12.3. The van der Waals surface area contributed by atoms with Gasteiger partial charge in [-0.15, -0.1) is 5.10 Å². The van der Waals surface area contributed by atoms with Gasteiger partial charge in [0.15, 0.2) is 20.8 Å². The number of hydrogen-bond donors (Lipinski definition) is 3. The normalized spacial score (nSPS) is 19.4. The second-order valence-electron chi connectivity index (χ2n) is 8.03. The molecule has 10 nitrogen and oxygen atoms in total. The van der Waals surface area contributed by atoms with E-state index < -0.39 is 20.5 Å². The van der Waals surface area contributed by atoms with Gasteiger partial charge in [-0.1, -0.05) is 18.2 Å². The highest BCUT2D eigenvalue weighted by atomic mass is 32.2. The number of ether oxygens (including phenoxy) is 3. The van der Waals surface area contributed by atoms with E-state index >= 15 is 0 Å². The van der Waals surface area contributed by atoms with Crippen molar-refractivity contribution < 1.29 is 32.6 Å². The molecule has 2 aliphatic rings. The van der Waals surface area contributed by atoms with Crippen LogP contribution in [0.4, 0.5) is 0 Å². The maximum atomic E-state index is 13.3. The minimum Gasteiger partial charge on any atom is -0.494 e. The summed E-state index contributed by atoms with van der Waals surface area (Å²) in [6.45, 7) is 0.638. The molecule has 0 spiro atoms. The Bertz CT molecular complexity index is 1120. The average Bonchev–Trinajstić information content (AvgIpc) is 3.36. The smallest absolute Gasteiger partial charge is 0.265 e. The molecule has 2 heterocycles. The Balaban J connectivity index is 1.29. The lowest BCUT2D eigenvalue weighted by atomic mass is 9.98. The fourth-order valence-corrected chi connectivity index (χ4v) is 5.91. The molecule has 3 N–H and O–H groups in total. The van der Waals surface area contributed by atoms with E-state index in [4.69, 9.17) is 19.4 Å². The van der Waals surface area contributed by atoms with Crippen LogP contribution in [0.1, 0.15) is 31.2 Å². The number of carbonyl (C=O) groups is 1. The Kier molecular flexibility index (Phi) is 7.35. The van der Waals surface area contributed by atoms with Crippen LogP contribution in [0.5, 0.6) is 5.75 Å². The summed E-state index contributed by atoms with van der Waals surface area (Å²) >= 11 is 0. The highest BCUT2D eigenvalue weighted by molar-refractivity contribution is 7.93. The SMILES string of the molecule is O=C(NO)C1(S(=O)(=O)c2ccc(OCCCC3NN=C(c4ccccc4)O3)cc2)CCOCC1. The van der Waals surface area contributed by atoms with E-state index in [2.05, 4.69) is 10.5 Å². The third kappa shape index (κ3) is 4.86. The number of carbonyl (C=O) groups excluding carboxylic acids is 1. The molecule has 0 bridgehead atoms. The molecule has 4 rings (SSSR count). The van der Waals surface area contributed by atoms with Gasteiger partial charge in [0.2, 0.25) is 5.90 Å². The quantitative estimate of drug-likeness (QED) is 0.276. The molecule has 2 aliphatic heterocycles. The van der Waals surface area contributed by atoms with Crippen molar-refractivity contribution in [1.29, 1.82) is 0 Å². The fourth-order valence-electron chi connectivity index (χ4n) is 3.98. The van der Waals surface area contributed by atoms with Crippen molar-refractivity contribution in [2.24, 2.45) is 5.10 Å². The zero-order valence-corrected chi connectivity index (χ0v) is 19.3. The molecule has 1 atom stereocenters. The molecule has 11 heteroatoms. The van der Waals surface area contributed by atoms with Gasteiger partial charge in [0.1, 0.15) is 5.75 Å². The topological polar surface area (TPSA) is 136 Å². The molecule has 0 radical (unpaired) electrons. The number of benzene rings is 2. The van der Waals surface area contributed by atoms with Crippen LogP contribution in [0.15, 0.2) is 64.6 Å². The van der Waals surface area contributed by atoms with E-state index in [0.29, 0.717) is 31.1 Å². The summed E-state index contributed by atoms with van der Waals surface area (Å²) in [5.41, 5.74) is 5.38. The number of hydroxylamine groups is 1. The van der Waals surface area contributed by atoms with Gasteiger partial charge in [0, 0.05) is 25.2 Å². The Labute approximate surface area is 197 Å². The standard InChI is InChI=1S/C23H27N3O7S/c27-22(26-28)23(12-15-31-16-13-23)34(29,30)19-10-8-18(9-11-19)32-14-4-7-20-24-25-21(33-20)17-5-2-1-3-6-17/h1-3,5-6,8-11,20,24,28H,4,7,12-16H2,(H,26,27). The zero-order chi connectivity index (χ0) is 24.0. The molecule has 34 heavy (non-hydrogen) atoms. The van der Waals surface area contributed by atoms with Crippen LogP contribution in [0, 0.1) is 0 Å². The minimum absolute atomic E-state index is 0.0144. The first-order valence-electron chi connectivity index (χ1n) is 11.0. The van der Waals surface area contributed by atoms with Crippen LogP contribution in [-0.2, 0) is 24.1 Å². The molecule has 2 aromatic rings. The highest BCUT2D eigenvalue weighted by Crippen LogP contribution is 2.35. The lowest BCUT2D eigenvalue weighted by Gasteiger charge is -2.34. The van der Waals surface area contributed by atoms with Crippen LogP contribution < -0.4 is 15.6 Å². The zero-order valence-electron chi connectivity index (χ0n) is 18.5. The Morgan fingerprint density at radius 3 is 2.53 bits per heavy atom. The van der Waals surface area contributed by atoms with Gasteiger partial charge >= 0.3 is 0 Å². The molecule has 2 aromatic carbocycles. The molecular weight excluding hydrogens is 462 g/mol. The largest absolute Gasteiger partial charge is 0.494 e. The molecule has 0 saturated carbocycles. The number of sulfone groups is 1. The highest BCUT2D eigenvalue weighted by Gasteiger charge is 2.52. The summed E-state index contributed by atoms with van der Waals surface area (Å²) in [7, 11) is -4.06. The predicted octanol–water partition coefficient (Wildman–Crippen LogP) is 1.98. The first kappa shape index (κ1) is 24.0. The summed E-state index contributed by atoms with van der Waals surface area (Å²) < 4.78 is 41.5. The van der Waals surface area contributed by atoms with Gasteiger partial charge < -0.3 is 14.2 Å². The lowest BCUT2D eigenvalue weighted by Crippen LogP contribution is -2.54. The van der Waals surface area contributed by atoms with E-state index in [1.165, 1.54) is 17.6 Å². The molecule has 1 amide bonds. The van der Waals surface area contributed by atoms with Crippen LogP contribution >= 0.6 is 0 Å². The van der Waals surface area contributed by atoms with Gasteiger partial charge in [0.25, 0.3) is 5.91 Å². The van der Waals surface area contributed by atoms with E-state index in [-0.39, 0.29) is 37.2 Å². The summed E-state index contributed by atoms with van der Waals surface area (Å²) in [5.74, 6) is 0.117. The first-order chi connectivity index (χ1) is 16.5. The number of hydrogen-bond acceptors (Lipinski definition) is 9. The lowest BCUT2D eigenvalue weighted by molar-refractivity contribution is -0.134. The van der Waals surface area contributed by atoms with Crippen molar-refractivity contribution in [3.8, 4) is 5.75 Å². The van der Waals surface area contributed by atoms with Crippen LogP contribution in [0.2, 0.25) is 0 Å². The monoisotopic (exact) mass is 489 g/mol. The van der Waals surface area contributed by atoms with Crippen molar-refractivity contribution in [2.45, 2.75) is 41.6 Å². The summed E-state index contributed by atoms with van der Waals surface area (Å²) in [6.07, 6.45) is 1.06. The van der Waals surface area contributed by atoms with Gasteiger partial charge in [-0.05, 0) is 55.7 Å². The van der Waals surface area contributed by atoms with Gasteiger partial charge in [0.05, 0.1) is 11.5 Å². The number of rotatable bonds is 9. The molecule has 182 valence electrons. The third-order valence-electron chi connectivity index (χ3n) is 5.93. The van der Waals surface area contributed by atoms with Crippen molar-refractivity contribution in [1.82, 2.24) is 10.9 Å². The van der Waals surface area contributed by atoms with E-state index in [1.54, 1.807) is 12.1 Å². The van der Waals surface area contributed by atoms with Gasteiger partial charge in [-0.2, -0.15) is 0 Å². The average molecular weight is 490 g/mol. The molecule has 0 aliphatic carbocycles. The van der Waals surface area contributed by atoms with Gasteiger partial charge in [-0.25, -0.2) is 13.9 Å². The maximum Gasteiger partial charge on any atom is 0.265 e. The number of nitrogens with one attached hydrogen (secondary N) is 2. The molecule has 1 unspecified atom stereocenters. The first-order valence-corrected chi connectivity index (χ1v) is 12.5. The Hall–Kier alpha value is -3.15. The molecule has 1 fully saturated rings. The predicted molar refractivity (Wildman–Crippen MR) is 122 cm³/mol. The van der Waals surface area contributed by atoms with Crippen LogP contribution in [-0.4, -0.2) is 56.2 Å². The number of amides is 1. The molecular formula is C23H27N3O7S. The number of nitrogens with zero attached hydrogens (tertiary/aromatic N) is 1. The molecule has 1 saturated heterocycles. The minimum atomic E-state index is -4.06. The van der Waals surface area contributed by atoms with Crippen molar-refractivity contribution >= 4 is 21.6 Å². The Morgan fingerprint density at radius 1 is 1.15 bits per heavy atom.